The quantitative estimate of drug-likeness (QED) is 0.721. The highest BCUT2D eigenvalue weighted by atomic mass is 15.2. The molecule has 2 N–H and O–H groups in total. The van der Waals surface area contributed by atoms with Crippen LogP contribution in [-0.2, 0) is 6.42 Å². The summed E-state index contributed by atoms with van der Waals surface area (Å²) >= 11 is 0. The summed E-state index contributed by atoms with van der Waals surface area (Å²) in [6.45, 7) is 7.72. The largest absolute Gasteiger partial charge is 0.335 e. The highest BCUT2D eigenvalue weighted by molar-refractivity contribution is 5.14. The van der Waals surface area contributed by atoms with Gasteiger partial charge in [0.05, 0.1) is 39.3 Å². The minimum Gasteiger partial charge on any atom is -0.335 e. The first-order chi connectivity index (χ1) is 9.79. The second-order valence-electron chi connectivity index (χ2n) is 6.46. The molecule has 0 radical (unpaired) electrons. The maximum Gasteiger partial charge on any atom is 0.0981 e. The van der Waals surface area contributed by atoms with Crippen LogP contribution in [0.5, 0.6) is 0 Å². The van der Waals surface area contributed by atoms with Crippen molar-refractivity contribution in [2.45, 2.75) is 45.1 Å². The van der Waals surface area contributed by atoms with E-state index in [2.05, 4.69) is 44.3 Å². The first-order valence-electron chi connectivity index (χ1n) is 8.49. The number of nitrogens with one attached hydrogen (secondary N) is 2. The Morgan fingerprint density at radius 3 is 2.50 bits per heavy atom. The lowest BCUT2D eigenvalue weighted by Gasteiger charge is -2.32. The first kappa shape index (κ1) is 15.5. The van der Waals surface area contributed by atoms with E-state index in [1.54, 1.807) is 4.90 Å². The third kappa shape index (κ3) is 4.92. The lowest BCUT2D eigenvalue weighted by molar-refractivity contribution is -0.947. The number of quaternary nitrogens is 2. The summed E-state index contributed by atoms with van der Waals surface area (Å²) in [5.74, 6) is 0. The molecule has 1 aliphatic rings. The maximum absolute atomic E-state index is 2.40. The first-order valence-corrected chi connectivity index (χ1v) is 8.49. The maximum atomic E-state index is 2.40. The van der Waals surface area contributed by atoms with Crippen molar-refractivity contribution in [3.8, 4) is 0 Å². The Bertz CT molecular complexity index is 355. The molecule has 1 aliphatic heterocycles. The molecule has 1 saturated heterocycles. The Kier molecular flexibility index (Phi) is 6.55. The Morgan fingerprint density at radius 1 is 1.15 bits per heavy atom. The van der Waals surface area contributed by atoms with E-state index < -0.39 is 0 Å². The van der Waals surface area contributed by atoms with Gasteiger partial charge in [0.15, 0.2) is 0 Å². The predicted molar refractivity (Wildman–Crippen MR) is 85.4 cm³/mol. The molecule has 1 aromatic carbocycles. The molecular formula is C18H32N2+2. The van der Waals surface area contributed by atoms with Gasteiger partial charge in [0.2, 0.25) is 0 Å². The molecule has 0 aliphatic carbocycles. The minimum atomic E-state index is 0.919. The molecule has 0 amide bonds. The smallest absolute Gasteiger partial charge is 0.0981 e. The molecule has 1 heterocycles. The van der Waals surface area contributed by atoms with E-state index >= 15 is 0 Å². The van der Waals surface area contributed by atoms with Crippen LogP contribution in [0.4, 0.5) is 0 Å². The van der Waals surface area contributed by atoms with Crippen LogP contribution >= 0.6 is 0 Å². The molecule has 1 aromatic rings. The Labute approximate surface area is 124 Å². The van der Waals surface area contributed by atoms with Gasteiger partial charge in [0.25, 0.3) is 0 Å². The van der Waals surface area contributed by atoms with Gasteiger partial charge in [0, 0.05) is 19.3 Å². The van der Waals surface area contributed by atoms with Crippen molar-refractivity contribution in [1.82, 2.24) is 0 Å². The lowest BCUT2D eigenvalue weighted by Crippen LogP contribution is -3.19. The number of benzene rings is 1. The van der Waals surface area contributed by atoms with Gasteiger partial charge in [-0.25, -0.2) is 0 Å². The van der Waals surface area contributed by atoms with Crippen molar-refractivity contribution in [3.05, 3.63) is 35.9 Å². The lowest BCUT2D eigenvalue weighted by atomic mass is 10.0. The summed E-state index contributed by atoms with van der Waals surface area (Å²) in [4.78, 5) is 3.59. The average Bonchev–Trinajstić information content (AvgIpc) is 2.52. The fraction of sp³-hybridized carbons (Fsp3) is 0.667. The van der Waals surface area contributed by atoms with E-state index in [1.165, 1.54) is 63.8 Å². The van der Waals surface area contributed by atoms with Crippen LogP contribution in [-0.4, -0.2) is 39.3 Å². The molecule has 1 unspecified atom stereocenters. The fourth-order valence-electron chi connectivity index (χ4n) is 3.39. The van der Waals surface area contributed by atoms with Crippen LogP contribution in [0.15, 0.2) is 30.3 Å². The Morgan fingerprint density at radius 2 is 1.85 bits per heavy atom. The van der Waals surface area contributed by atoms with Crippen molar-refractivity contribution < 1.29 is 9.80 Å². The number of piperidine rings is 1. The second kappa shape index (κ2) is 8.43. The minimum absolute atomic E-state index is 0.919. The third-order valence-electron chi connectivity index (χ3n) is 4.92. The molecule has 2 nitrogen and oxygen atoms in total. The van der Waals surface area contributed by atoms with Gasteiger partial charge in [-0.1, -0.05) is 43.7 Å². The highest BCUT2D eigenvalue weighted by Gasteiger charge is 2.27. The summed E-state index contributed by atoms with van der Waals surface area (Å²) in [6.07, 6.45) is 6.78. The summed E-state index contributed by atoms with van der Waals surface area (Å²) in [5.41, 5.74) is 1.49. The highest BCUT2D eigenvalue weighted by Crippen LogP contribution is 1.99. The molecule has 112 valence electrons. The van der Waals surface area contributed by atoms with E-state index in [4.69, 9.17) is 0 Å². The van der Waals surface area contributed by atoms with Crippen molar-refractivity contribution >= 4 is 0 Å². The second-order valence-corrected chi connectivity index (χ2v) is 6.46. The van der Waals surface area contributed by atoms with E-state index in [-0.39, 0.29) is 0 Å². The predicted octanol–water partition coefficient (Wildman–Crippen LogP) is 0.591. The summed E-state index contributed by atoms with van der Waals surface area (Å²) in [6, 6.07) is 11.9. The van der Waals surface area contributed by atoms with Gasteiger partial charge in [-0.2, -0.15) is 0 Å². The van der Waals surface area contributed by atoms with Crippen molar-refractivity contribution in [2.75, 3.05) is 33.2 Å². The Hall–Kier alpha value is -0.860. The van der Waals surface area contributed by atoms with Crippen LogP contribution in [0.1, 0.15) is 38.2 Å². The summed E-state index contributed by atoms with van der Waals surface area (Å²) in [7, 11) is 2.40. The fourth-order valence-corrected chi connectivity index (χ4v) is 3.39. The van der Waals surface area contributed by atoms with Crippen molar-refractivity contribution in [2.24, 2.45) is 0 Å². The van der Waals surface area contributed by atoms with Crippen molar-refractivity contribution in [1.29, 1.82) is 0 Å². The Balaban J connectivity index is 1.66. The molecular weight excluding hydrogens is 244 g/mol. The van der Waals surface area contributed by atoms with Gasteiger partial charge in [-0.3, -0.25) is 0 Å². The molecule has 2 rings (SSSR count). The van der Waals surface area contributed by atoms with Crippen LogP contribution in [0.2, 0.25) is 0 Å². The molecule has 1 fully saturated rings. The molecule has 0 saturated carbocycles. The van der Waals surface area contributed by atoms with E-state index in [9.17, 15) is 0 Å². The van der Waals surface area contributed by atoms with Crippen LogP contribution in [0, 0.1) is 0 Å². The van der Waals surface area contributed by atoms with Gasteiger partial charge >= 0.3 is 0 Å². The van der Waals surface area contributed by atoms with Crippen LogP contribution in [0.25, 0.3) is 0 Å². The summed E-state index contributed by atoms with van der Waals surface area (Å²) in [5, 5.41) is 0. The van der Waals surface area contributed by atoms with Crippen molar-refractivity contribution in [3.63, 3.8) is 0 Å². The van der Waals surface area contributed by atoms with E-state index in [0.717, 1.165) is 6.04 Å². The average molecular weight is 276 g/mol. The zero-order valence-electron chi connectivity index (χ0n) is 13.3. The van der Waals surface area contributed by atoms with E-state index in [1.807, 2.05) is 4.90 Å². The standard InChI is InChI=1S/C18H30N2/c1-3-4-13-19(2)18-11-15-20(16-12-18)14-10-17-8-6-5-7-9-17/h5-9,18H,3-4,10-16H2,1-2H3/p+2. The van der Waals surface area contributed by atoms with Crippen LogP contribution < -0.4 is 9.80 Å². The van der Waals surface area contributed by atoms with Gasteiger partial charge in [-0.15, -0.1) is 0 Å². The van der Waals surface area contributed by atoms with Gasteiger partial charge in [-0.05, 0) is 12.0 Å². The van der Waals surface area contributed by atoms with Gasteiger partial charge in [0.1, 0.15) is 0 Å². The zero-order valence-corrected chi connectivity index (χ0v) is 13.3. The number of likely N-dealkylation sites (tertiary alicyclic amines) is 1. The molecule has 0 spiro atoms. The number of hydrogen-bond acceptors (Lipinski definition) is 0. The molecule has 0 aromatic heterocycles. The third-order valence-corrected chi connectivity index (χ3v) is 4.92. The van der Waals surface area contributed by atoms with Crippen LogP contribution in [0.3, 0.4) is 0 Å². The monoisotopic (exact) mass is 276 g/mol. The van der Waals surface area contributed by atoms with Gasteiger partial charge < -0.3 is 9.80 Å². The number of unbranched alkanes of at least 4 members (excludes halogenated alkanes) is 1. The normalized spacial score (nSPS) is 24.5. The molecule has 2 heteroatoms. The number of rotatable bonds is 7. The molecule has 0 bridgehead atoms. The molecule has 20 heavy (non-hydrogen) atoms. The SMILES string of the molecule is CCCC[NH+](C)C1CC[NH+](CCc2ccccc2)CC1. The topological polar surface area (TPSA) is 8.88 Å². The molecule has 1 atom stereocenters. The summed E-state index contributed by atoms with van der Waals surface area (Å²) < 4.78 is 0. The number of hydrogen-bond donors (Lipinski definition) is 2. The zero-order chi connectivity index (χ0) is 14.2. The van der Waals surface area contributed by atoms with E-state index in [0.29, 0.717) is 0 Å².